The zero-order chi connectivity index (χ0) is 14.6. The SMILES string of the molecule is Cc1ccc(C(N)=O)c(N(CC(=O)O)CC(C)C)c1. The summed E-state index contributed by atoms with van der Waals surface area (Å²) in [5, 5.41) is 9.00. The molecule has 0 unspecified atom stereocenters. The number of primary amides is 1. The van der Waals surface area contributed by atoms with E-state index in [1.807, 2.05) is 20.8 Å². The van der Waals surface area contributed by atoms with Crippen LogP contribution < -0.4 is 10.6 Å². The Labute approximate surface area is 113 Å². The molecule has 1 aromatic carbocycles. The Morgan fingerprint density at radius 1 is 1.37 bits per heavy atom. The molecule has 1 aromatic rings. The van der Waals surface area contributed by atoms with Gasteiger partial charge in [0, 0.05) is 6.54 Å². The second kappa shape index (κ2) is 6.22. The monoisotopic (exact) mass is 264 g/mol. The number of anilines is 1. The van der Waals surface area contributed by atoms with E-state index in [9.17, 15) is 9.59 Å². The van der Waals surface area contributed by atoms with Crippen LogP contribution in [0, 0.1) is 12.8 Å². The van der Waals surface area contributed by atoms with Gasteiger partial charge in [0.25, 0.3) is 5.91 Å². The third-order valence-corrected chi connectivity index (χ3v) is 2.67. The first kappa shape index (κ1) is 15.0. The second-order valence-electron chi connectivity index (χ2n) is 5.05. The number of carboxylic acid groups (broad SMARTS) is 1. The molecule has 0 bridgehead atoms. The third kappa shape index (κ3) is 4.28. The van der Waals surface area contributed by atoms with Crippen LogP contribution in [0.3, 0.4) is 0 Å². The molecule has 1 rings (SSSR count). The zero-order valence-corrected chi connectivity index (χ0v) is 11.5. The van der Waals surface area contributed by atoms with Crippen LogP contribution in [0.4, 0.5) is 5.69 Å². The number of carbonyl (C=O) groups excluding carboxylic acids is 1. The molecule has 0 spiro atoms. The van der Waals surface area contributed by atoms with Gasteiger partial charge in [-0.25, -0.2) is 0 Å². The zero-order valence-electron chi connectivity index (χ0n) is 11.5. The molecular weight excluding hydrogens is 244 g/mol. The van der Waals surface area contributed by atoms with Crippen molar-refractivity contribution in [3.8, 4) is 0 Å². The van der Waals surface area contributed by atoms with Crippen molar-refractivity contribution >= 4 is 17.6 Å². The third-order valence-electron chi connectivity index (χ3n) is 2.67. The lowest BCUT2D eigenvalue weighted by Crippen LogP contribution is -2.34. The Morgan fingerprint density at radius 3 is 2.47 bits per heavy atom. The van der Waals surface area contributed by atoms with Gasteiger partial charge in [0.2, 0.25) is 0 Å². The number of hydrogen-bond acceptors (Lipinski definition) is 3. The molecule has 0 atom stereocenters. The highest BCUT2D eigenvalue weighted by atomic mass is 16.4. The van der Waals surface area contributed by atoms with Crippen LogP contribution in [-0.4, -0.2) is 30.1 Å². The predicted octanol–water partition coefficient (Wildman–Crippen LogP) is 1.64. The van der Waals surface area contributed by atoms with Gasteiger partial charge in [-0.1, -0.05) is 19.9 Å². The summed E-state index contributed by atoms with van der Waals surface area (Å²) in [4.78, 5) is 24.1. The molecule has 5 heteroatoms. The van der Waals surface area contributed by atoms with Gasteiger partial charge >= 0.3 is 5.97 Å². The first-order chi connectivity index (χ1) is 8.81. The van der Waals surface area contributed by atoms with Crippen LogP contribution in [-0.2, 0) is 4.79 Å². The predicted molar refractivity (Wildman–Crippen MR) is 74.4 cm³/mol. The van der Waals surface area contributed by atoms with Crippen LogP contribution in [0.15, 0.2) is 18.2 Å². The van der Waals surface area contributed by atoms with Crippen LogP contribution >= 0.6 is 0 Å². The van der Waals surface area contributed by atoms with Crippen molar-refractivity contribution in [2.75, 3.05) is 18.0 Å². The van der Waals surface area contributed by atoms with Crippen LogP contribution in [0.1, 0.15) is 29.8 Å². The van der Waals surface area contributed by atoms with E-state index in [0.717, 1.165) is 5.56 Å². The molecule has 1 amide bonds. The lowest BCUT2D eigenvalue weighted by Gasteiger charge is -2.26. The highest BCUT2D eigenvalue weighted by Gasteiger charge is 2.18. The van der Waals surface area contributed by atoms with E-state index in [4.69, 9.17) is 10.8 Å². The molecule has 0 aromatic heterocycles. The van der Waals surface area contributed by atoms with Crippen molar-refractivity contribution in [2.45, 2.75) is 20.8 Å². The summed E-state index contributed by atoms with van der Waals surface area (Å²) in [6, 6.07) is 5.23. The second-order valence-corrected chi connectivity index (χ2v) is 5.05. The summed E-state index contributed by atoms with van der Waals surface area (Å²) in [6.45, 7) is 6.28. The average molecular weight is 264 g/mol. The van der Waals surface area contributed by atoms with Crippen molar-refractivity contribution < 1.29 is 14.7 Å². The van der Waals surface area contributed by atoms with E-state index in [-0.39, 0.29) is 12.5 Å². The first-order valence-corrected chi connectivity index (χ1v) is 6.18. The minimum absolute atomic E-state index is 0.151. The molecular formula is C14H20N2O3. The number of carbonyl (C=O) groups is 2. The molecule has 0 heterocycles. The maximum absolute atomic E-state index is 11.5. The minimum Gasteiger partial charge on any atom is -0.480 e. The molecule has 5 nitrogen and oxygen atoms in total. The van der Waals surface area contributed by atoms with Gasteiger partial charge in [0.05, 0.1) is 11.3 Å². The molecule has 0 radical (unpaired) electrons. The van der Waals surface area contributed by atoms with E-state index in [0.29, 0.717) is 17.8 Å². The molecule has 0 aliphatic carbocycles. The Balaban J connectivity index is 3.22. The number of amides is 1. The Kier molecular flexibility index (Phi) is 4.92. The van der Waals surface area contributed by atoms with Crippen molar-refractivity contribution in [3.63, 3.8) is 0 Å². The van der Waals surface area contributed by atoms with Gasteiger partial charge < -0.3 is 15.7 Å². The number of rotatable bonds is 6. The van der Waals surface area contributed by atoms with Crippen molar-refractivity contribution in [2.24, 2.45) is 11.7 Å². The number of aryl methyl sites for hydroxylation is 1. The molecule has 3 N–H and O–H groups in total. The summed E-state index contributed by atoms with van der Waals surface area (Å²) in [7, 11) is 0. The maximum atomic E-state index is 11.5. The van der Waals surface area contributed by atoms with Crippen molar-refractivity contribution in [1.29, 1.82) is 0 Å². The lowest BCUT2D eigenvalue weighted by molar-refractivity contribution is -0.135. The van der Waals surface area contributed by atoms with Crippen LogP contribution in [0.2, 0.25) is 0 Å². The summed E-state index contributed by atoms with van der Waals surface area (Å²) in [5.74, 6) is -1.20. The average Bonchev–Trinajstić information content (AvgIpc) is 2.26. The van der Waals surface area contributed by atoms with E-state index < -0.39 is 11.9 Å². The molecule has 19 heavy (non-hydrogen) atoms. The molecule has 0 saturated heterocycles. The number of aliphatic carboxylic acids is 1. The maximum Gasteiger partial charge on any atom is 0.323 e. The minimum atomic E-state index is -0.933. The molecule has 104 valence electrons. The summed E-state index contributed by atoms with van der Waals surface area (Å²) in [5.41, 5.74) is 7.25. The van der Waals surface area contributed by atoms with Crippen molar-refractivity contribution in [3.05, 3.63) is 29.3 Å². The van der Waals surface area contributed by atoms with E-state index in [1.165, 1.54) is 0 Å². The van der Waals surface area contributed by atoms with Gasteiger partial charge in [0.15, 0.2) is 0 Å². The summed E-state index contributed by atoms with van der Waals surface area (Å²) < 4.78 is 0. The van der Waals surface area contributed by atoms with Gasteiger partial charge in [0.1, 0.15) is 6.54 Å². The molecule has 0 saturated carbocycles. The number of benzene rings is 1. The quantitative estimate of drug-likeness (QED) is 0.818. The fourth-order valence-electron chi connectivity index (χ4n) is 1.96. The highest BCUT2D eigenvalue weighted by molar-refractivity contribution is 5.99. The number of carboxylic acids is 1. The highest BCUT2D eigenvalue weighted by Crippen LogP contribution is 2.23. The Morgan fingerprint density at radius 2 is 2.00 bits per heavy atom. The van der Waals surface area contributed by atoms with Gasteiger partial charge in [-0.2, -0.15) is 0 Å². The van der Waals surface area contributed by atoms with Crippen molar-refractivity contribution in [1.82, 2.24) is 0 Å². The van der Waals surface area contributed by atoms with E-state index >= 15 is 0 Å². The van der Waals surface area contributed by atoms with Gasteiger partial charge in [-0.05, 0) is 30.5 Å². The largest absolute Gasteiger partial charge is 0.480 e. The fourth-order valence-corrected chi connectivity index (χ4v) is 1.96. The first-order valence-electron chi connectivity index (χ1n) is 6.18. The van der Waals surface area contributed by atoms with E-state index in [1.54, 1.807) is 23.1 Å². The number of nitrogens with zero attached hydrogens (tertiary/aromatic N) is 1. The fraction of sp³-hybridized carbons (Fsp3) is 0.429. The standard InChI is InChI=1S/C14H20N2O3/c1-9(2)7-16(8-13(17)18)12-6-10(3)4-5-11(12)14(15)19/h4-6,9H,7-8H2,1-3H3,(H2,15,19)(H,17,18). The van der Waals surface area contributed by atoms with Crippen LogP contribution in [0.5, 0.6) is 0 Å². The molecule has 0 fully saturated rings. The van der Waals surface area contributed by atoms with E-state index in [2.05, 4.69) is 0 Å². The Bertz CT molecular complexity index is 484. The topological polar surface area (TPSA) is 83.6 Å². The summed E-state index contributed by atoms with van der Waals surface area (Å²) >= 11 is 0. The van der Waals surface area contributed by atoms with Gasteiger partial charge in [-0.15, -0.1) is 0 Å². The summed E-state index contributed by atoms with van der Waals surface area (Å²) in [6.07, 6.45) is 0. The number of nitrogens with two attached hydrogens (primary N) is 1. The number of hydrogen-bond donors (Lipinski definition) is 2. The van der Waals surface area contributed by atoms with Crippen LogP contribution in [0.25, 0.3) is 0 Å². The lowest BCUT2D eigenvalue weighted by atomic mass is 10.1. The molecule has 0 aliphatic heterocycles. The Hall–Kier alpha value is -2.04. The van der Waals surface area contributed by atoms with Gasteiger partial charge in [-0.3, -0.25) is 9.59 Å². The smallest absolute Gasteiger partial charge is 0.323 e. The normalized spacial score (nSPS) is 10.5. The molecule has 0 aliphatic rings.